The summed E-state index contributed by atoms with van der Waals surface area (Å²) in [5.41, 5.74) is 6.87. The zero-order valence-electron chi connectivity index (χ0n) is 12.3. The van der Waals surface area contributed by atoms with Gasteiger partial charge in [0.15, 0.2) is 0 Å². The maximum Gasteiger partial charge on any atom is 0.134 e. The van der Waals surface area contributed by atoms with Gasteiger partial charge >= 0.3 is 0 Å². The van der Waals surface area contributed by atoms with Gasteiger partial charge in [-0.1, -0.05) is 6.92 Å². The zero-order chi connectivity index (χ0) is 13.9. The van der Waals surface area contributed by atoms with Crippen LogP contribution in [0.5, 0.6) is 0 Å². The first-order valence-corrected chi connectivity index (χ1v) is 6.32. The van der Waals surface area contributed by atoms with Crippen molar-refractivity contribution in [3.63, 3.8) is 0 Å². The van der Waals surface area contributed by atoms with Crippen LogP contribution in [0.4, 0.5) is 11.6 Å². The molecule has 1 aromatic rings. The van der Waals surface area contributed by atoms with Gasteiger partial charge in [-0.25, -0.2) is 9.97 Å². The zero-order valence-corrected chi connectivity index (χ0v) is 12.3. The highest BCUT2D eigenvalue weighted by Crippen LogP contribution is 2.19. The average molecular weight is 251 g/mol. The molecule has 0 aliphatic rings. The Kier molecular flexibility index (Phi) is 4.51. The van der Waals surface area contributed by atoms with Crippen molar-refractivity contribution in [1.29, 1.82) is 0 Å². The van der Waals surface area contributed by atoms with Crippen molar-refractivity contribution < 1.29 is 0 Å². The van der Waals surface area contributed by atoms with E-state index in [9.17, 15) is 0 Å². The van der Waals surface area contributed by atoms with Crippen LogP contribution in [0.1, 0.15) is 32.2 Å². The molecular formula is C13H25N5. The molecule has 1 rings (SSSR count). The van der Waals surface area contributed by atoms with Gasteiger partial charge in [-0.15, -0.1) is 0 Å². The fourth-order valence-electron chi connectivity index (χ4n) is 1.37. The average Bonchev–Trinajstić information content (AvgIpc) is 2.30. The molecule has 0 radical (unpaired) electrons. The molecule has 0 aromatic carbocycles. The van der Waals surface area contributed by atoms with Gasteiger partial charge in [-0.3, -0.25) is 0 Å². The molecular weight excluding hydrogens is 226 g/mol. The molecule has 0 saturated carbocycles. The van der Waals surface area contributed by atoms with Crippen molar-refractivity contribution in [2.75, 3.05) is 31.7 Å². The van der Waals surface area contributed by atoms with Crippen LogP contribution in [0.3, 0.4) is 0 Å². The molecule has 0 saturated heterocycles. The van der Waals surface area contributed by atoms with E-state index in [0.717, 1.165) is 30.2 Å². The maximum atomic E-state index is 5.89. The molecule has 18 heavy (non-hydrogen) atoms. The van der Waals surface area contributed by atoms with E-state index in [1.165, 1.54) is 0 Å². The molecule has 5 nitrogen and oxygen atoms in total. The van der Waals surface area contributed by atoms with E-state index in [-0.39, 0.29) is 5.54 Å². The first-order valence-electron chi connectivity index (χ1n) is 6.32. The molecule has 0 atom stereocenters. The molecule has 0 bridgehead atoms. The highest BCUT2D eigenvalue weighted by Gasteiger charge is 2.20. The summed E-state index contributed by atoms with van der Waals surface area (Å²) in [6.07, 6.45) is 0.788. The monoisotopic (exact) mass is 251 g/mol. The van der Waals surface area contributed by atoms with Crippen LogP contribution in [0.15, 0.2) is 0 Å². The normalized spacial score (nSPS) is 11.9. The third-order valence-corrected chi connectivity index (χ3v) is 3.45. The Bertz CT molecular complexity index is 412. The first-order chi connectivity index (χ1) is 8.27. The lowest BCUT2D eigenvalue weighted by atomic mass is 10.0. The number of hydrogen-bond acceptors (Lipinski definition) is 5. The fourth-order valence-corrected chi connectivity index (χ4v) is 1.37. The van der Waals surface area contributed by atoms with Crippen molar-refractivity contribution in [1.82, 2.24) is 14.9 Å². The van der Waals surface area contributed by atoms with Gasteiger partial charge in [0.25, 0.3) is 0 Å². The van der Waals surface area contributed by atoms with Gasteiger partial charge in [0.1, 0.15) is 17.5 Å². The summed E-state index contributed by atoms with van der Waals surface area (Å²) in [7, 11) is 4.14. The van der Waals surface area contributed by atoms with Crippen molar-refractivity contribution in [2.24, 2.45) is 0 Å². The summed E-state index contributed by atoms with van der Waals surface area (Å²) >= 11 is 0. The van der Waals surface area contributed by atoms with Gasteiger partial charge in [-0.2, -0.15) is 0 Å². The summed E-state index contributed by atoms with van der Waals surface area (Å²) < 4.78 is 0. The number of rotatable bonds is 5. The Balaban J connectivity index is 2.88. The maximum absolute atomic E-state index is 5.89. The molecule has 3 N–H and O–H groups in total. The van der Waals surface area contributed by atoms with Crippen molar-refractivity contribution in [3.8, 4) is 0 Å². The van der Waals surface area contributed by atoms with E-state index < -0.39 is 0 Å². The lowest BCUT2D eigenvalue weighted by Gasteiger charge is -2.33. The van der Waals surface area contributed by atoms with Gasteiger partial charge in [-0.05, 0) is 34.9 Å². The first kappa shape index (κ1) is 14.7. The molecule has 0 aliphatic carbocycles. The number of nitrogen functional groups attached to an aromatic ring is 1. The van der Waals surface area contributed by atoms with Gasteiger partial charge < -0.3 is 16.0 Å². The molecule has 0 spiro atoms. The lowest BCUT2D eigenvalue weighted by Crippen LogP contribution is -2.44. The number of anilines is 2. The van der Waals surface area contributed by atoms with E-state index >= 15 is 0 Å². The van der Waals surface area contributed by atoms with Crippen LogP contribution < -0.4 is 11.1 Å². The van der Waals surface area contributed by atoms with E-state index in [1.807, 2.05) is 13.8 Å². The minimum atomic E-state index is 0.0541. The van der Waals surface area contributed by atoms with Crippen LogP contribution in [0.2, 0.25) is 0 Å². The summed E-state index contributed by atoms with van der Waals surface area (Å²) in [5.74, 6) is 2.18. The SMILES string of the molecule is CCc1nc(N)c(C)c(NCC(C)(C)N(C)C)n1. The van der Waals surface area contributed by atoms with Gasteiger partial charge in [0.2, 0.25) is 0 Å². The van der Waals surface area contributed by atoms with E-state index in [1.54, 1.807) is 0 Å². The predicted molar refractivity (Wildman–Crippen MR) is 76.8 cm³/mol. The summed E-state index contributed by atoms with van der Waals surface area (Å²) in [4.78, 5) is 10.9. The molecule has 1 heterocycles. The molecule has 0 amide bonds. The van der Waals surface area contributed by atoms with E-state index in [2.05, 4.69) is 48.1 Å². The van der Waals surface area contributed by atoms with Gasteiger partial charge in [0, 0.05) is 24.1 Å². The molecule has 1 aromatic heterocycles. The third-order valence-electron chi connectivity index (χ3n) is 3.45. The smallest absolute Gasteiger partial charge is 0.134 e. The largest absolute Gasteiger partial charge is 0.383 e. The van der Waals surface area contributed by atoms with Crippen molar-refractivity contribution >= 4 is 11.6 Å². The second-order valence-corrected chi connectivity index (χ2v) is 5.41. The topological polar surface area (TPSA) is 67.1 Å². The summed E-state index contributed by atoms with van der Waals surface area (Å²) in [6.45, 7) is 9.14. The fraction of sp³-hybridized carbons (Fsp3) is 0.692. The van der Waals surface area contributed by atoms with Crippen molar-refractivity contribution in [3.05, 3.63) is 11.4 Å². The Morgan fingerprint density at radius 3 is 2.39 bits per heavy atom. The Morgan fingerprint density at radius 2 is 1.89 bits per heavy atom. The standard InChI is InChI=1S/C13H25N5/c1-7-10-16-11(14)9(2)12(17-10)15-8-13(3,4)18(5)6/h7-8H2,1-6H3,(H3,14,15,16,17). The molecule has 0 unspecified atom stereocenters. The van der Waals surface area contributed by atoms with Crippen LogP contribution in [-0.2, 0) is 6.42 Å². The summed E-state index contributed by atoms with van der Waals surface area (Å²) in [6, 6.07) is 0. The molecule has 0 fully saturated rings. The van der Waals surface area contributed by atoms with E-state index in [4.69, 9.17) is 5.73 Å². The predicted octanol–water partition coefficient (Wildman–Crippen LogP) is 1.68. The lowest BCUT2D eigenvalue weighted by molar-refractivity contribution is 0.210. The van der Waals surface area contributed by atoms with Crippen LogP contribution in [-0.4, -0.2) is 41.0 Å². The number of aryl methyl sites for hydroxylation is 1. The second-order valence-electron chi connectivity index (χ2n) is 5.41. The second kappa shape index (κ2) is 5.52. The highest BCUT2D eigenvalue weighted by atomic mass is 15.2. The summed E-state index contributed by atoms with van der Waals surface area (Å²) in [5, 5.41) is 3.38. The Labute approximate surface area is 110 Å². The quantitative estimate of drug-likeness (QED) is 0.833. The number of hydrogen-bond donors (Lipinski definition) is 2. The number of nitrogens with two attached hydrogens (primary N) is 1. The molecule has 0 aliphatic heterocycles. The minimum Gasteiger partial charge on any atom is -0.383 e. The number of nitrogens with zero attached hydrogens (tertiary/aromatic N) is 3. The van der Waals surface area contributed by atoms with Crippen LogP contribution in [0, 0.1) is 6.92 Å². The number of aromatic nitrogens is 2. The van der Waals surface area contributed by atoms with Crippen molar-refractivity contribution in [2.45, 2.75) is 39.7 Å². The highest BCUT2D eigenvalue weighted by molar-refractivity contribution is 5.54. The van der Waals surface area contributed by atoms with Crippen LogP contribution >= 0.6 is 0 Å². The Morgan fingerprint density at radius 1 is 1.28 bits per heavy atom. The number of nitrogens with one attached hydrogen (secondary N) is 1. The molecule has 102 valence electrons. The minimum absolute atomic E-state index is 0.0541. The Hall–Kier alpha value is -1.36. The van der Waals surface area contributed by atoms with Gasteiger partial charge in [0.05, 0.1) is 0 Å². The third kappa shape index (κ3) is 3.32. The van der Waals surface area contributed by atoms with E-state index in [0.29, 0.717) is 5.82 Å². The van der Waals surface area contributed by atoms with Crippen LogP contribution in [0.25, 0.3) is 0 Å². The number of likely N-dealkylation sites (N-methyl/N-ethyl adjacent to an activating group) is 1. The molecule has 5 heteroatoms.